The van der Waals surface area contributed by atoms with E-state index in [0.717, 1.165) is 18.0 Å². The van der Waals surface area contributed by atoms with Gasteiger partial charge in [-0.25, -0.2) is 4.68 Å². The zero-order chi connectivity index (χ0) is 14.8. The molecule has 2 N–H and O–H groups in total. The highest BCUT2D eigenvalue weighted by Gasteiger charge is 2.24. The average Bonchev–Trinajstić information content (AvgIpc) is 3.08. The van der Waals surface area contributed by atoms with Gasteiger partial charge in [-0.05, 0) is 47.2 Å². The molecule has 1 aliphatic rings. The molecule has 112 valence electrons. The van der Waals surface area contributed by atoms with E-state index in [0.29, 0.717) is 23.2 Å². The highest BCUT2D eigenvalue weighted by Crippen LogP contribution is 2.35. The molecule has 1 saturated carbocycles. The third-order valence-electron chi connectivity index (χ3n) is 4.27. The standard InChI is InChI=1S/C15H21N5O/c1-10-6-7-11(8-10)9-20-15(17-18-19-20)14-12(16)4-3-5-13(14)21-2/h3-5,10-11H,6-9,16H2,1-2H3. The van der Waals surface area contributed by atoms with Crippen LogP contribution in [0.15, 0.2) is 18.2 Å². The third-order valence-corrected chi connectivity index (χ3v) is 4.27. The molecule has 3 rings (SSSR count). The summed E-state index contributed by atoms with van der Waals surface area (Å²) in [6.07, 6.45) is 3.77. The van der Waals surface area contributed by atoms with E-state index in [2.05, 4.69) is 22.4 Å². The lowest BCUT2D eigenvalue weighted by Gasteiger charge is -2.13. The van der Waals surface area contributed by atoms with Crippen molar-refractivity contribution >= 4 is 5.69 Å². The van der Waals surface area contributed by atoms with Crippen LogP contribution in [0.25, 0.3) is 11.4 Å². The van der Waals surface area contributed by atoms with E-state index < -0.39 is 0 Å². The van der Waals surface area contributed by atoms with Gasteiger partial charge in [-0.3, -0.25) is 0 Å². The fourth-order valence-electron chi connectivity index (χ4n) is 3.20. The van der Waals surface area contributed by atoms with Gasteiger partial charge in [0, 0.05) is 12.2 Å². The van der Waals surface area contributed by atoms with Crippen molar-refractivity contribution in [2.24, 2.45) is 11.8 Å². The number of hydrogen-bond donors (Lipinski definition) is 1. The van der Waals surface area contributed by atoms with E-state index in [1.165, 1.54) is 19.3 Å². The minimum absolute atomic E-state index is 0.630. The summed E-state index contributed by atoms with van der Waals surface area (Å²) in [6, 6.07) is 5.58. The molecule has 0 saturated heterocycles. The van der Waals surface area contributed by atoms with Gasteiger partial charge in [-0.15, -0.1) is 5.10 Å². The first-order valence-electron chi connectivity index (χ1n) is 7.38. The summed E-state index contributed by atoms with van der Waals surface area (Å²) in [5, 5.41) is 12.1. The fraction of sp³-hybridized carbons (Fsp3) is 0.533. The second-order valence-electron chi connectivity index (χ2n) is 5.89. The normalized spacial score (nSPS) is 21.6. The molecule has 6 nitrogen and oxygen atoms in total. The van der Waals surface area contributed by atoms with Crippen LogP contribution in [-0.2, 0) is 6.54 Å². The van der Waals surface area contributed by atoms with Crippen molar-refractivity contribution in [2.75, 3.05) is 12.8 Å². The van der Waals surface area contributed by atoms with Gasteiger partial charge in [-0.1, -0.05) is 19.4 Å². The van der Waals surface area contributed by atoms with Crippen LogP contribution in [0.5, 0.6) is 5.75 Å². The molecule has 0 aliphatic heterocycles. The van der Waals surface area contributed by atoms with Crippen molar-refractivity contribution in [1.29, 1.82) is 0 Å². The topological polar surface area (TPSA) is 78.8 Å². The third kappa shape index (κ3) is 2.70. The van der Waals surface area contributed by atoms with E-state index in [9.17, 15) is 0 Å². The van der Waals surface area contributed by atoms with Gasteiger partial charge in [0.1, 0.15) is 5.75 Å². The number of anilines is 1. The van der Waals surface area contributed by atoms with E-state index in [1.807, 2.05) is 22.9 Å². The first-order valence-corrected chi connectivity index (χ1v) is 7.38. The van der Waals surface area contributed by atoms with Crippen molar-refractivity contribution in [3.05, 3.63) is 18.2 Å². The van der Waals surface area contributed by atoms with Crippen LogP contribution in [-0.4, -0.2) is 27.3 Å². The molecule has 1 heterocycles. The number of nitrogens with two attached hydrogens (primary N) is 1. The number of nitrogen functional groups attached to an aromatic ring is 1. The Balaban J connectivity index is 1.92. The van der Waals surface area contributed by atoms with Crippen molar-refractivity contribution < 1.29 is 4.74 Å². The van der Waals surface area contributed by atoms with Gasteiger partial charge in [-0.2, -0.15) is 0 Å². The number of ether oxygens (including phenoxy) is 1. The molecule has 1 aromatic heterocycles. The second kappa shape index (κ2) is 5.71. The summed E-state index contributed by atoms with van der Waals surface area (Å²) >= 11 is 0. The fourth-order valence-corrected chi connectivity index (χ4v) is 3.20. The van der Waals surface area contributed by atoms with E-state index in [-0.39, 0.29) is 0 Å². The second-order valence-corrected chi connectivity index (χ2v) is 5.89. The van der Waals surface area contributed by atoms with Gasteiger partial charge in [0.15, 0.2) is 5.82 Å². The van der Waals surface area contributed by atoms with Gasteiger partial charge in [0.25, 0.3) is 0 Å². The van der Waals surface area contributed by atoms with Crippen molar-refractivity contribution in [1.82, 2.24) is 20.2 Å². The van der Waals surface area contributed by atoms with Crippen LogP contribution < -0.4 is 10.5 Å². The van der Waals surface area contributed by atoms with Crippen LogP contribution in [0.4, 0.5) is 5.69 Å². The SMILES string of the molecule is COc1cccc(N)c1-c1nnnn1CC1CCC(C)C1. The Morgan fingerprint density at radius 1 is 1.38 bits per heavy atom. The smallest absolute Gasteiger partial charge is 0.187 e. The Labute approximate surface area is 124 Å². The number of nitrogens with zero attached hydrogens (tertiary/aromatic N) is 4. The van der Waals surface area contributed by atoms with Gasteiger partial charge in [0.2, 0.25) is 0 Å². The number of hydrogen-bond acceptors (Lipinski definition) is 5. The van der Waals surface area contributed by atoms with Crippen molar-refractivity contribution in [2.45, 2.75) is 32.7 Å². The molecular weight excluding hydrogens is 266 g/mol. The molecule has 1 fully saturated rings. The van der Waals surface area contributed by atoms with Crippen molar-refractivity contribution in [3.8, 4) is 17.1 Å². The summed E-state index contributed by atoms with van der Waals surface area (Å²) in [6.45, 7) is 3.14. The van der Waals surface area contributed by atoms with Gasteiger partial charge >= 0.3 is 0 Å². The monoisotopic (exact) mass is 287 g/mol. The molecular formula is C15H21N5O. The highest BCUT2D eigenvalue weighted by molar-refractivity contribution is 5.77. The number of methoxy groups -OCH3 is 1. The molecule has 1 aromatic carbocycles. The average molecular weight is 287 g/mol. The number of aromatic nitrogens is 4. The first-order chi connectivity index (χ1) is 10.2. The number of tetrazole rings is 1. The Hall–Kier alpha value is -2.11. The van der Waals surface area contributed by atoms with Crippen LogP contribution >= 0.6 is 0 Å². The molecule has 0 amide bonds. The summed E-state index contributed by atoms with van der Waals surface area (Å²) in [5.74, 6) is 2.82. The Kier molecular flexibility index (Phi) is 3.77. The molecule has 2 atom stereocenters. The van der Waals surface area contributed by atoms with E-state index in [1.54, 1.807) is 7.11 Å². The molecule has 0 radical (unpaired) electrons. The van der Waals surface area contributed by atoms with E-state index in [4.69, 9.17) is 10.5 Å². The summed E-state index contributed by atoms with van der Waals surface area (Å²) in [4.78, 5) is 0. The largest absolute Gasteiger partial charge is 0.496 e. The van der Waals surface area contributed by atoms with Crippen LogP contribution in [0.3, 0.4) is 0 Å². The van der Waals surface area contributed by atoms with Crippen LogP contribution in [0.2, 0.25) is 0 Å². The highest BCUT2D eigenvalue weighted by atomic mass is 16.5. The maximum atomic E-state index is 6.10. The van der Waals surface area contributed by atoms with Crippen LogP contribution in [0.1, 0.15) is 26.2 Å². The molecule has 1 aliphatic carbocycles. The Morgan fingerprint density at radius 3 is 2.95 bits per heavy atom. The molecule has 6 heteroatoms. The molecule has 21 heavy (non-hydrogen) atoms. The van der Waals surface area contributed by atoms with Crippen molar-refractivity contribution in [3.63, 3.8) is 0 Å². The van der Waals surface area contributed by atoms with Gasteiger partial charge in [0.05, 0.1) is 12.7 Å². The minimum atomic E-state index is 0.630. The predicted octanol–water partition coefficient (Wildman–Crippen LogP) is 2.37. The quantitative estimate of drug-likeness (QED) is 0.873. The summed E-state index contributed by atoms with van der Waals surface area (Å²) in [7, 11) is 1.63. The molecule has 2 unspecified atom stereocenters. The lowest BCUT2D eigenvalue weighted by Crippen LogP contribution is -2.12. The number of rotatable bonds is 4. The lowest BCUT2D eigenvalue weighted by atomic mass is 10.1. The Bertz CT molecular complexity index is 624. The minimum Gasteiger partial charge on any atom is -0.496 e. The molecule has 0 spiro atoms. The Morgan fingerprint density at radius 2 is 2.24 bits per heavy atom. The zero-order valence-electron chi connectivity index (χ0n) is 12.5. The number of benzene rings is 1. The lowest BCUT2D eigenvalue weighted by molar-refractivity contribution is 0.406. The predicted molar refractivity (Wildman–Crippen MR) is 80.7 cm³/mol. The summed E-state index contributed by atoms with van der Waals surface area (Å²) in [5.41, 5.74) is 7.50. The summed E-state index contributed by atoms with van der Waals surface area (Å²) < 4.78 is 7.26. The first kappa shape index (κ1) is 13.9. The maximum Gasteiger partial charge on any atom is 0.187 e. The molecule has 0 bridgehead atoms. The zero-order valence-corrected chi connectivity index (χ0v) is 12.5. The maximum absolute atomic E-state index is 6.10. The van der Waals surface area contributed by atoms with E-state index >= 15 is 0 Å². The van der Waals surface area contributed by atoms with Crippen LogP contribution in [0, 0.1) is 11.8 Å². The van der Waals surface area contributed by atoms with Gasteiger partial charge < -0.3 is 10.5 Å². The molecule has 2 aromatic rings.